The van der Waals surface area contributed by atoms with Crippen LogP contribution in [0.1, 0.15) is 57.4 Å². The van der Waals surface area contributed by atoms with Gasteiger partial charge in [-0.1, -0.05) is 51.3 Å². The van der Waals surface area contributed by atoms with Gasteiger partial charge in [0.25, 0.3) is 0 Å². The SMILES string of the molecule is CC(C)CNCC(c1ccccc1F)C1CCCCC1. The van der Waals surface area contributed by atoms with Crippen LogP contribution in [0.5, 0.6) is 0 Å². The van der Waals surface area contributed by atoms with Crippen molar-refractivity contribution in [1.29, 1.82) is 0 Å². The standard InChI is InChI=1S/C18H28FN/c1-14(2)12-20-13-17(15-8-4-3-5-9-15)16-10-6-7-11-18(16)19/h6-7,10-11,14-15,17,20H,3-5,8-9,12-13H2,1-2H3. The third-order valence-electron chi connectivity index (χ3n) is 4.44. The van der Waals surface area contributed by atoms with Gasteiger partial charge < -0.3 is 5.32 Å². The third-order valence-corrected chi connectivity index (χ3v) is 4.44. The number of rotatable bonds is 6. The summed E-state index contributed by atoms with van der Waals surface area (Å²) in [6, 6.07) is 7.34. The van der Waals surface area contributed by atoms with Gasteiger partial charge in [-0.3, -0.25) is 0 Å². The molecule has 1 atom stereocenters. The lowest BCUT2D eigenvalue weighted by atomic mass is 9.76. The molecule has 2 rings (SSSR count). The number of benzene rings is 1. The van der Waals surface area contributed by atoms with E-state index in [1.807, 2.05) is 12.1 Å². The van der Waals surface area contributed by atoms with Crippen molar-refractivity contribution in [3.8, 4) is 0 Å². The van der Waals surface area contributed by atoms with E-state index < -0.39 is 0 Å². The highest BCUT2D eigenvalue weighted by atomic mass is 19.1. The minimum absolute atomic E-state index is 0.0329. The van der Waals surface area contributed by atoms with Crippen LogP contribution in [0.15, 0.2) is 24.3 Å². The largest absolute Gasteiger partial charge is 0.316 e. The quantitative estimate of drug-likeness (QED) is 0.792. The summed E-state index contributed by atoms with van der Waals surface area (Å²) < 4.78 is 14.2. The molecule has 0 aromatic heterocycles. The first-order valence-electron chi connectivity index (χ1n) is 8.13. The van der Waals surface area contributed by atoms with E-state index in [1.54, 1.807) is 12.1 Å². The molecule has 1 N–H and O–H groups in total. The minimum atomic E-state index is -0.0329. The number of hydrogen-bond acceptors (Lipinski definition) is 1. The highest BCUT2D eigenvalue weighted by Gasteiger charge is 2.26. The molecule has 1 fully saturated rings. The average Bonchev–Trinajstić information content (AvgIpc) is 2.45. The van der Waals surface area contributed by atoms with Crippen LogP contribution < -0.4 is 5.32 Å². The monoisotopic (exact) mass is 277 g/mol. The van der Waals surface area contributed by atoms with Crippen LogP contribution in [0, 0.1) is 17.7 Å². The van der Waals surface area contributed by atoms with Gasteiger partial charge in [-0.05, 0) is 42.9 Å². The van der Waals surface area contributed by atoms with E-state index in [0.29, 0.717) is 17.8 Å². The Morgan fingerprint density at radius 2 is 1.80 bits per heavy atom. The first kappa shape index (κ1) is 15.5. The smallest absolute Gasteiger partial charge is 0.126 e. The molecule has 0 saturated heterocycles. The number of nitrogens with one attached hydrogen (secondary N) is 1. The Morgan fingerprint density at radius 3 is 2.45 bits per heavy atom. The van der Waals surface area contributed by atoms with Gasteiger partial charge in [-0.15, -0.1) is 0 Å². The summed E-state index contributed by atoms with van der Waals surface area (Å²) in [4.78, 5) is 0. The molecule has 1 saturated carbocycles. The lowest BCUT2D eigenvalue weighted by molar-refractivity contribution is 0.290. The summed E-state index contributed by atoms with van der Waals surface area (Å²) in [6.07, 6.45) is 6.46. The first-order chi connectivity index (χ1) is 9.68. The maximum absolute atomic E-state index is 14.2. The number of halogens is 1. The van der Waals surface area contributed by atoms with Gasteiger partial charge in [-0.25, -0.2) is 4.39 Å². The lowest BCUT2D eigenvalue weighted by Crippen LogP contribution is -2.30. The Hall–Kier alpha value is -0.890. The van der Waals surface area contributed by atoms with Crippen molar-refractivity contribution in [2.24, 2.45) is 11.8 Å². The van der Waals surface area contributed by atoms with Crippen LogP contribution in [-0.2, 0) is 0 Å². The Kier molecular flexibility index (Phi) is 6.03. The summed E-state index contributed by atoms with van der Waals surface area (Å²) in [7, 11) is 0. The molecule has 0 amide bonds. The van der Waals surface area contributed by atoms with Gasteiger partial charge in [-0.2, -0.15) is 0 Å². The van der Waals surface area contributed by atoms with Gasteiger partial charge >= 0.3 is 0 Å². The molecule has 112 valence electrons. The topological polar surface area (TPSA) is 12.0 Å². The van der Waals surface area contributed by atoms with E-state index in [0.717, 1.165) is 18.7 Å². The predicted molar refractivity (Wildman–Crippen MR) is 83.4 cm³/mol. The number of hydrogen-bond donors (Lipinski definition) is 1. The molecule has 0 spiro atoms. The molecule has 2 heteroatoms. The van der Waals surface area contributed by atoms with Gasteiger partial charge in [0.2, 0.25) is 0 Å². The fourth-order valence-corrected chi connectivity index (χ4v) is 3.37. The zero-order valence-electron chi connectivity index (χ0n) is 12.9. The van der Waals surface area contributed by atoms with E-state index in [9.17, 15) is 4.39 Å². The summed E-state index contributed by atoms with van der Waals surface area (Å²) in [5, 5.41) is 3.54. The molecule has 1 aromatic rings. The first-order valence-corrected chi connectivity index (χ1v) is 8.13. The van der Waals surface area contributed by atoms with Crippen molar-refractivity contribution in [2.75, 3.05) is 13.1 Å². The van der Waals surface area contributed by atoms with E-state index in [1.165, 1.54) is 32.1 Å². The second-order valence-corrected chi connectivity index (χ2v) is 6.58. The Labute approximate surface area is 123 Å². The van der Waals surface area contributed by atoms with E-state index in [2.05, 4.69) is 19.2 Å². The highest BCUT2D eigenvalue weighted by Crippen LogP contribution is 2.36. The van der Waals surface area contributed by atoms with Crippen molar-refractivity contribution in [2.45, 2.75) is 51.9 Å². The van der Waals surface area contributed by atoms with Crippen LogP contribution in [0.2, 0.25) is 0 Å². The Balaban J connectivity index is 2.08. The molecule has 1 aliphatic carbocycles. The average molecular weight is 277 g/mol. The van der Waals surface area contributed by atoms with Crippen molar-refractivity contribution >= 4 is 0 Å². The Bertz CT molecular complexity index is 396. The van der Waals surface area contributed by atoms with Gasteiger partial charge in [0.1, 0.15) is 5.82 Å². The van der Waals surface area contributed by atoms with Crippen LogP contribution >= 0.6 is 0 Å². The van der Waals surface area contributed by atoms with Gasteiger partial charge in [0.05, 0.1) is 0 Å². The molecule has 1 aliphatic rings. The summed E-state index contributed by atoms with van der Waals surface area (Å²) in [5.41, 5.74) is 0.913. The third kappa shape index (κ3) is 4.31. The van der Waals surface area contributed by atoms with Crippen molar-refractivity contribution in [3.63, 3.8) is 0 Å². The second kappa shape index (κ2) is 7.78. The van der Waals surface area contributed by atoms with Crippen molar-refractivity contribution in [3.05, 3.63) is 35.6 Å². The molecular weight excluding hydrogens is 249 g/mol. The Morgan fingerprint density at radius 1 is 1.10 bits per heavy atom. The summed E-state index contributed by atoms with van der Waals surface area (Å²) >= 11 is 0. The van der Waals surface area contributed by atoms with Crippen molar-refractivity contribution in [1.82, 2.24) is 5.32 Å². The fourth-order valence-electron chi connectivity index (χ4n) is 3.37. The maximum Gasteiger partial charge on any atom is 0.126 e. The normalized spacial score (nSPS) is 18.4. The van der Waals surface area contributed by atoms with E-state index in [-0.39, 0.29) is 5.82 Å². The maximum atomic E-state index is 14.2. The van der Waals surface area contributed by atoms with E-state index in [4.69, 9.17) is 0 Å². The lowest BCUT2D eigenvalue weighted by Gasteiger charge is -2.31. The minimum Gasteiger partial charge on any atom is -0.316 e. The molecule has 0 bridgehead atoms. The molecule has 1 nitrogen and oxygen atoms in total. The van der Waals surface area contributed by atoms with Gasteiger partial charge in [0.15, 0.2) is 0 Å². The molecule has 1 unspecified atom stereocenters. The van der Waals surface area contributed by atoms with E-state index >= 15 is 0 Å². The molecule has 1 aromatic carbocycles. The predicted octanol–water partition coefficient (Wildman–Crippen LogP) is 4.74. The van der Waals surface area contributed by atoms with Gasteiger partial charge in [0, 0.05) is 12.5 Å². The molecule has 20 heavy (non-hydrogen) atoms. The van der Waals surface area contributed by atoms with Crippen molar-refractivity contribution < 1.29 is 4.39 Å². The van der Waals surface area contributed by atoms with Crippen LogP contribution in [0.4, 0.5) is 4.39 Å². The van der Waals surface area contributed by atoms with Crippen LogP contribution in [0.3, 0.4) is 0 Å². The zero-order chi connectivity index (χ0) is 14.4. The molecule has 0 heterocycles. The molecule has 0 radical (unpaired) electrons. The van der Waals surface area contributed by atoms with Crippen LogP contribution in [-0.4, -0.2) is 13.1 Å². The van der Waals surface area contributed by atoms with Crippen LogP contribution in [0.25, 0.3) is 0 Å². The fraction of sp³-hybridized carbons (Fsp3) is 0.667. The summed E-state index contributed by atoms with van der Waals surface area (Å²) in [6.45, 7) is 6.35. The molecular formula is C18H28FN. The highest BCUT2D eigenvalue weighted by molar-refractivity contribution is 5.23. The summed E-state index contributed by atoms with van der Waals surface area (Å²) in [5.74, 6) is 1.58. The zero-order valence-corrected chi connectivity index (χ0v) is 12.9. The molecule has 0 aliphatic heterocycles. The second-order valence-electron chi connectivity index (χ2n) is 6.58.